The van der Waals surface area contributed by atoms with E-state index in [0.717, 1.165) is 42.0 Å². The number of aromatic nitrogens is 2. The van der Waals surface area contributed by atoms with E-state index in [4.69, 9.17) is 32.9 Å². The number of ether oxygens (including phenoxy) is 1. The van der Waals surface area contributed by atoms with E-state index in [1.54, 1.807) is 42.5 Å². The molecule has 212 valence electrons. The molecule has 1 fully saturated rings. The molecule has 1 saturated carbocycles. The molecule has 4 aromatic carbocycles. The second-order valence-corrected chi connectivity index (χ2v) is 10.9. The molecule has 0 saturated heterocycles. The lowest BCUT2D eigenvalue weighted by Gasteiger charge is -2.18. The monoisotopic (exact) mass is 608 g/mol. The van der Waals surface area contributed by atoms with Gasteiger partial charge in [-0.1, -0.05) is 41.4 Å². The molecular weight excluding hydrogens is 588 g/mol. The first-order chi connectivity index (χ1) is 20.0. The zero-order valence-corrected chi connectivity index (χ0v) is 23.2. The minimum Gasteiger partial charge on any atom is -0.478 e. The van der Waals surface area contributed by atoms with Crippen molar-refractivity contribution in [3.05, 3.63) is 130 Å². The van der Waals surface area contributed by atoms with Gasteiger partial charge in [0.25, 0.3) is 0 Å². The van der Waals surface area contributed by atoms with E-state index in [1.807, 2.05) is 22.9 Å². The van der Waals surface area contributed by atoms with Gasteiger partial charge in [-0.05, 0) is 91.2 Å². The van der Waals surface area contributed by atoms with Crippen molar-refractivity contribution in [2.24, 2.45) is 0 Å². The lowest BCUT2D eigenvalue weighted by molar-refractivity contribution is -0.137. The number of hydrogen-bond donors (Lipinski definition) is 1. The molecule has 0 unspecified atom stereocenters. The zero-order chi connectivity index (χ0) is 29.6. The Kier molecular flexibility index (Phi) is 6.99. The summed E-state index contributed by atoms with van der Waals surface area (Å²) in [5.74, 6) is 0.212. The van der Waals surface area contributed by atoms with Gasteiger partial charge >= 0.3 is 12.1 Å². The molecule has 0 aliphatic heterocycles. The number of rotatable bonds is 7. The van der Waals surface area contributed by atoms with Crippen LogP contribution in [0.2, 0.25) is 10.0 Å². The fourth-order valence-electron chi connectivity index (χ4n) is 4.99. The van der Waals surface area contributed by atoms with Crippen molar-refractivity contribution in [2.45, 2.75) is 24.4 Å². The van der Waals surface area contributed by atoms with E-state index >= 15 is 0 Å². The van der Waals surface area contributed by atoms with E-state index in [-0.39, 0.29) is 11.3 Å². The lowest BCUT2D eigenvalue weighted by atomic mass is 9.94. The summed E-state index contributed by atoms with van der Waals surface area (Å²) in [5, 5.41) is 10.3. The largest absolute Gasteiger partial charge is 0.478 e. The highest BCUT2D eigenvalue weighted by atomic mass is 35.5. The first kappa shape index (κ1) is 27.9. The summed E-state index contributed by atoms with van der Waals surface area (Å²) < 4.78 is 47.0. The number of imidazole rings is 1. The molecular formula is C32H21Cl2F3N2O3. The highest BCUT2D eigenvalue weighted by molar-refractivity contribution is 6.36. The molecule has 5 aromatic rings. The van der Waals surface area contributed by atoms with Crippen molar-refractivity contribution in [1.29, 1.82) is 0 Å². The summed E-state index contributed by atoms with van der Waals surface area (Å²) in [6.45, 7) is 0. The van der Waals surface area contributed by atoms with Crippen molar-refractivity contribution in [2.75, 3.05) is 0 Å². The van der Waals surface area contributed by atoms with E-state index < -0.39 is 23.1 Å². The van der Waals surface area contributed by atoms with Gasteiger partial charge < -0.3 is 14.4 Å². The summed E-state index contributed by atoms with van der Waals surface area (Å²) in [7, 11) is 0. The average Bonchev–Trinajstić information content (AvgIpc) is 3.65. The van der Waals surface area contributed by atoms with E-state index in [9.17, 15) is 23.1 Å². The van der Waals surface area contributed by atoms with Crippen LogP contribution in [0.15, 0.2) is 97.2 Å². The van der Waals surface area contributed by atoms with Crippen LogP contribution < -0.4 is 4.74 Å². The first-order valence-corrected chi connectivity index (χ1v) is 13.6. The van der Waals surface area contributed by atoms with Gasteiger partial charge in [0.15, 0.2) is 0 Å². The molecule has 1 N–H and O–H groups in total. The fraction of sp³-hybridized carbons (Fsp3) is 0.125. The van der Waals surface area contributed by atoms with Crippen LogP contribution in [0.4, 0.5) is 13.2 Å². The van der Waals surface area contributed by atoms with Gasteiger partial charge in [-0.25, -0.2) is 9.78 Å². The van der Waals surface area contributed by atoms with Crippen LogP contribution in [-0.2, 0) is 11.6 Å². The fourth-order valence-corrected chi connectivity index (χ4v) is 5.49. The van der Waals surface area contributed by atoms with Crippen LogP contribution >= 0.6 is 23.2 Å². The maximum absolute atomic E-state index is 13.1. The van der Waals surface area contributed by atoms with Crippen LogP contribution in [0, 0.1) is 0 Å². The van der Waals surface area contributed by atoms with Crippen LogP contribution in [-0.4, -0.2) is 20.6 Å². The van der Waals surface area contributed by atoms with Gasteiger partial charge in [-0.3, -0.25) is 0 Å². The maximum atomic E-state index is 13.1. The van der Waals surface area contributed by atoms with Crippen molar-refractivity contribution in [1.82, 2.24) is 9.55 Å². The average molecular weight is 609 g/mol. The van der Waals surface area contributed by atoms with E-state index in [2.05, 4.69) is 0 Å². The third-order valence-electron chi connectivity index (χ3n) is 7.29. The highest BCUT2D eigenvalue weighted by Gasteiger charge is 2.50. The molecule has 0 bridgehead atoms. The smallest absolute Gasteiger partial charge is 0.416 e. The number of benzene rings is 4. The Hall–Kier alpha value is -4.27. The normalized spacial score (nSPS) is 14.0. The van der Waals surface area contributed by atoms with Gasteiger partial charge in [0.1, 0.15) is 17.3 Å². The molecule has 1 aromatic heterocycles. The quantitative estimate of drug-likeness (QED) is 0.200. The highest BCUT2D eigenvalue weighted by Crippen LogP contribution is 2.54. The summed E-state index contributed by atoms with van der Waals surface area (Å²) >= 11 is 12.6. The van der Waals surface area contributed by atoms with Gasteiger partial charge in [-0.15, -0.1) is 0 Å². The molecule has 5 nitrogen and oxygen atoms in total. The van der Waals surface area contributed by atoms with Gasteiger partial charge in [0, 0.05) is 22.5 Å². The summed E-state index contributed by atoms with van der Waals surface area (Å²) in [5.41, 5.74) is 1.95. The Balaban J connectivity index is 1.37. The van der Waals surface area contributed by atoms with Crippen LogP contribution in [0.1, 0.15) is 40.2 Å². The molecule has 42 heavy (non-hydrogen) atoms. The third kappa shape index (κ3) is 5.35. The number of hydrogen-bond acceptors (Lipinski definition) is 3. The topological polar surface area (TPSA) is 64.3 Å². The molecule has 0 spiro atoms. The molecule has 0 radical (unpaired) electrons. The summed E-state index contributed by atoms with van der Waals surface area (Å²) in [6.07, 6.45) is -0.990. The van der Waals surface area contributed by atoms with Crippen molar-refractivity contribution >= 4 is 29.2 Å². The van der Waals surface area contributed by atoms with Gasteiger partial charge in [0.05, 0.1) is 27.3 Å². The molecule has 1 aliphatic carbocycles. The van der Waals surface area contributed by atoms with Crippen molar-refractivity contribution in [3.8, 4) is 28.4 Å². The number of carbonyl (C=O) groups is 1. The Morgan fingerprint density at radius 2 is 1.62 bits per heavy atom. The van der Waals surface area contributed by atoms with Gasteiger partial charge in [-0.2, -0.15) is 13.2 Å². The molecule has 1 aliphatic rings. The number of halogens is 5. The van der Waals surface area contributed by atoms with Gasteiger partial charge in [0.2, 0.25) is 0 Å². The number of alkyl halides is 3. The standard InChI is InChI=1S/C32H21Cl2F3N2O3/c33-22-8-13-26(27(34)17-22)28-18-39(23-9-4-19(5-10-23)29(40)41)30(38-28)31(14-15-31)20-6-11-24(12-7-20)42-25-3-1-2-21(16-25)32(35,36)37/h1-13,16-18H,14-15H2,(H,40,41). The lowest BCUT2D eigenvalue weighted by Crippen LogP contribution is -2.15. The number of carboxylic acids is 1. The number of aromatic carboxylic acids is 1. The van der Waals surface area contributed by atoms with Crippen molar-refractivity contribution < 1.29 is 27.8 Å². The summed E-state index contributed by atoms with van der Waals surface area (Å²) in [4.78, 5) is 16.4. The predicted molar refractivity (Wildman–Crippen MR) is 154 cm³/mol. The third-order valence-corrected chi connectivity index (χ3v) is 7.84. The molecule has 6 rings (SSSR count). The Morgan fingerprint density at radius 3 is 2.24 bits per heavy atom. The SMILES string of the molecule is O=C(O)c1ccc(-n2cc(-c3ccc(Cl)cc3Cl)nc2C2(c3ccc(Oc4cccc(C(F)(F)F)c4)cc3)CC2)cc1. The molecule has 0 amide bonds. The van der Waals surface area contributed by atoms with E-state index in [1.165, 1.54) is 24.3 Å². The second-order valence-electron chi connectivity index (χ2n) is 10.0. The second kappa shape index (κ2) is 10.5. The van der Waals surface area contributed by atoms with E-state index in [0.29, 0.717) is 27.1 Å². The van der Waals surface area contributed by atoms with Crippen LogP contribution in [0.25, 0.3) is 16.9 Å². The number of nitrogens with zero attached hydrogens (tertiary/aromatic N) is 2. The Morgan fingerprint density at radius 1 is 0.905 bits per heavy atom. The molecule has 0 atom stereocenters. The predicted octanol–water partition coefficient (Wildman–Crippen LogP) is 9.44. The minimum absolute atomic E-state index is 0.0866. The minimum atomic E-state index is -4.47. The molecule has 10 heteroatoms. The zero-order valence-electron chi connectivity index (χ0n) is 21.7. The Labute approximate surface area is 248 Å². The van der Waals surface area contributed by atoms with Crippen LogP contribution in [0.3, 0.4) is 0 Å². The first-order valence-electron chi connectivity index (χ1n) is 12.9. The van der Waals surface area contributed by atoms with Crippen LogP contribution in [0.5, 0.6) is 11.5 Å². The summed E-state index contributed by atoms with van der Waals surface area (Å²) in [6, 6.07) is 23.7. The number of carboxylic acid groups (broad SMARTS) is 1. The maximum Gasteiger partial charge on any atom is 0.416 e. The molecule has 1 heterocycles. The van der Waals surface area contributed by atoms with Crippen molar-refractivity contribution in [3.63, 3.8) is 0 Å². The Bertz CT molecular complexity index is 1800.